The monoisotopic (exact) mass is 293 g/mol. The molecule has 0 saturated heterocycles. The van der Waals surface area contributed by atoms with E-state index in [2.05, 4.69) is 31.3 Å². The summed E-state index contributed by atoms with van der Waals surface area (Å²) in [7, 11) is 0. The highest BCUT2D eigenvalue weighted by Gasteiger charge is 2.15. The predicted molar refractivity (Wildman–Crippen MR) is 84.0 cm³/mol. The number of aliphatic hydroxyl groups is 1. The second-order valence-corrected chi connectivity index (χ2v) is 5.70. The zero-order valence-corrected chi connectivity index (χ0v) is 13.1. The molecule has 2 atom stereocenters. The van der Waals surface area contributed by atoms with Gasteiger partial charge in [-0.05, 0) is 49.9 Å². The Bertz CT molecular complexity index is 430. The normalized spacial score (nSPS) is 16.5. The topological polar surface area (TPSA) is 50.7 Å². The van der Waals surface area contributed by atoms with Gasteiger partial charge in [0.25, 0.3) is 0 Å². The van der Waals surface area contributed by atoms with Crippen LogP contribution in [-0.2, 0) is 0 Å². The SMILES string of the molecule is CCCC(CCO)CNC(C)c1ccc2c(c1)OCCO2. The molecule has 0 radical (unpaired) electrons. The average molecular weight is 293 g/mol. The van der Waals surface area contributed by atoms with E-state index in [1.165, 1.54) is 5.56 Å². The molecule has 0 aromatic heterocycles. The number of ether oxygens (including phenoxy) is 2. The van der Waals surface area contributed by atoms with E-state index < -0.39 is 0 Å². The first-order valence-electron chi connectivity index (χ1n) is 7.98. The Morgan fingerprint density at radius 2 is 1.95 bits per heavy atom. The van der Waals surface area contributed by atoms with Crippen molar-refractivity contribution in [2.24, 2.45) is 5.92 Å². The van der Waals surface area contributed by atoms with Crippen LogP contribution in [0.3, 0.4) is 0 Å². The van der Waals surface area contributed by atoms with Crippen molar-refractivity contribution < 1.29 is 14.6 Å². The van der Waals surface area contributed by atoms with Gasteiger partial charge in [-0.3, -0.25) is 0 Å². The fraction of sp³-hybridized carbons (Fsp3) is 0.647. The molecule has 0 aliphatic carbocycles. The molecule has 4 nitrogen and oxygen atoms in total. The highest BCUT2D eigenvalue weighted by Crippen LogP contribution is 2.32. The summed E-state index contributed by atoms with van der Waals surface area (Å²) in [5.41, 5.74) is 1.21. The molecule has 1 aliphatic rings. The van der Waals surface area contributed by atoms with Gasteiger partial charge in [-0.15, -0.1) is 0 Å². The first-order valence-corrected chi connectivity index (χ1v) is 7.98. The first-order chi connectivity index (χ1) is 10.2. The Labute approximate surface area is 127 Å². The third-order valence-electron chi connectivity index (χ3n) is 4.01. The maximum atomic E-state index is 9.12. The number of benzene rings is 1. The summed E-state index contributed by atoms with van der Waals surface area (Å²) in [5.74, 6) is 2.22. The summed E-state index contributed by atoms with van der Waals surface area (Å²) in [4.78, 5) is 0. The van der Waals surface area contributed by atoms with Crippen LogP contribution in [-0.4, -0.2) is 31.5 Å². The largest absolute Gasteiger partial charge is 0.486 e. The van der Waals surface area contributed by atoms with Crippen LogP contribution >= 0.6 is 0 Å². The van der Waals surface area contributed by atoms with Gasteiger partial charge in [-0.2, -0.15) is 0 Å². The second kappa shape index (κ2) is 8.25. The molecule has 4 heteroatoms. The van der Waals surface area contributed by atoms with Crippen LogP contribution in [0.4, 0.5) is 0 Å². The van der Waals surface area contributed by atoms with Crippen molar-refractivity contribution in [2.45, 2.75) is 39.2 Å². The molecule has 118 valence electrons. The van der Waals surface area contributed by atoms with Gasteiger partial charge in [0.05, 0.1) is 0 Å². The summed E-state index contributed by atoms with van der Waals surface area (Å²) < 4.78 is 11.2. The van der Waals surface area contributed by atoms with Gasteiger partial charge < -0.3 is 19.9 Å². The van der Waals surface area contributed by atoms with E-state index in [0.29, 0.717) is 19.1 Å². The quantitative estimate of drug-likeness (QED) is 0.774. The molecule has 1 aliphatic heterocycles. The van der Waals surface area contributed by atoms with Crippen molar-refractivity contribution in [3.8, 4) is 11.5 Å². The van der Waals surface area contributed by atoms with Crippen LogP contribution < -0.4 is 14.8 Å². The van der Waals surface area contributed by atoms with E-state index in [-0.39, 0.29) is 12.6 Å². The zero-order valence-electron chi connectivity index (χ0n) is 13.1. The van der Waals surface area contributed by atoms with Crippen molar-refractivity contribution in [1.29, 1.82) is 0 Å². The predicted octanol–water partition coefficient (Wildman–Crippen LogP) is 2.91. The van der Waals surface area contributed by atoms with Crippen molar-refractivity contribution in [1.82, 2.24) is 5.32 Å². The van der Waals surface area contributed by atoms with E-state index >= 15 is 0 Å². The molecule has 1 aromatic rings. The fourth-order valence-corrected chi connectivity index (χ4v) is 2.73. The molecule has 2 rings (SSSR count). The number of aliphatic hydroxyl groups excluding tert-OH is 1. The van der Waals surface area contributed by atoms with E-state index in [9.17, 15) is 0 Å². The van der Waals surface area contributed by atoms with Crippen molar-refractivity contribution in [2.75, 3.05) is 26.4 Å². The summed E-state index contributed by atoms with van der Waals surface area (Å²) in [6.45, 7) is 6.80. The minimum atomic E-state index is 0.263. The third-order valence-corrected chi connectivity index (χ3v) is 4.01. The first kappa shape index (κ1) is 16.1. The molecule has 21 heavy (non-hydrogen) atoms. The molecule has 1 aromatic carbocycles. The molecule has 0 fully saturated rings. The van der Waals surface area contributed by atoms with Gasteiger partial charge in [-0.1, -0.05) is 19.4 Å². The smallest absolute Gasteiger partial charge is 0.161 e. The minimum absolute atomic E-state index is 0.263. The van der Waals surface area contributed by atoms with Gasteiger partial charge >= 0.3 is 0 Å². The lowest BCUT2D eigenvalue weighted by Crippen LogP contribution is -2.26. The van der Waals surface area contributed by atoms with Crippen LogP contribution in [0.15, 0.2) is 18.2 Å². The molecule has 0 amide bonds. The van der Waals surface area contributed by atoms with E-state index in [0.717, 1.165) is 37.3 Å². The molecule has 0 bridgehead atoms. The maximum Gasteiger partial charge on any atom is 0.161 e. The summed E-state index contributed by atoms with van der Waals surface area (Å²) in [6, 6.07) is 6.40. The van der Waals surface area contributed by atoms with Crippen molar-refractivity contribution >= 4 is 0 Å². The van der Waals surface area contributed by atoms with Crippen LogP contribution in [0.2, 0.25) is 0 Å². The molecule has 0 saturated carbocycles. The van der Waals surface area contributed by atoms with Gasteiger partial charge in [0.1, 0.15) is 13.2 Å². The number of hydrogen-bond acceptors (Lipinski definition) is 4. The third kappa shape index (κ3) is 4.61. The van der Waals surface area contributed by atoms with Crippen LogP contribution in [0.25, 0.3) is 0 Å². The van der Waals surface area contributed by atoms with Crippen LogP contribution in [0.1, 0.15) is 44.7 Å². The lowest BCUT2D eigenvalue weighted by atomic mass is 9.99. The summed E-state index contributed by atoms with van der Waals surface area (Å²) in [5, 5.41) is 12.7. The molecule has 0 spiro atoms. The van der Waals surface area contributed by atoms with Gasteiger partial charge in [-0.25, -0.2) is 0 Å². The molecule has 1 heterocycles. The second-order valence-electron chi connectivity index (χ2n) is 5.70. The van der Waals surface area contributed by atoms with Gasteiger partial charge in [0.2, 0.25) is 0 Å². The van der Waals surface area contributed by atoms with Crippen molar-refractivity contribution in [3.05, 3.63) is 23.8 Å². The Morgan fingerprint density at radius 1 is 1.19 bits per heavy atom. The fourth-order valence-electron chi connectivity index (χ4n) is 2.73. The molecular weight excluding hydrogens is 266 g/mol. The summed E-state index contributed by atoms with van der Waals surface area (Å²) >= 11 is 0. The van der Waals surface area contributed by atoms with E-state index in [4.69, 9.17) is 14.6 Å². The number of nitrogens with one attached hydrogen (secondary N) is 1. The Morgan fingerprint density at radius 3 is 2.67 bits per heavy atom. The Kier molecular flexibility index (Phi) is 6.33. The lowest BCUT2D eigenvalue weighted by Gasteiger charge is -2.23. The van der Waals surface area contributed by atoms with E-state index in [1.807, 2.05) is 6.07 Å². The van der Waals surface area contributed by atoms with Crippen molar-refractivity contribution in [3.63, 3.8) is 0 Å². The lowest BCUT2D eigenvalue weighted by molar-refractivity contribution is 0.171. The molecular formula is C17H27NO3. The number of hydrogen-bond donors (Lipinski definition) is 2. The number of fused-ring (bicyclic) bond motifs is 1. The average Bonchev–Trinajstić information content (AvgIpc) is 2.52. The Hall–Kier alpha value is -1.26. The zero-order chi connectivity index (χ0) is 15.1. The highest BCUT2D eigenvalue weighted by atomic mass is 16.6. The van der Waals surface area contributed by atoms with Gasteiger partial charge in [0, 0.05) is 12.6 Å². The molecule has 2 unspecified atom stereocenters. The van der Waals surface area contributed by atoms with Crippen LogP contribution in [0.5, 0.6) is 11.5 Å². The highest BCUT2D eigenvalue weighted by molar-refractivity contribution is 5.44. The number of rotatable bonds is 8. The molecule has 2 N–H and O–H groups in total. The Balaban J connectivity index is 1.91. The van der Waals surface area contributed by atoms with E-state index in [1.54, 1.807) is 0 Å². The standard InChI is InChI=1S/C17H27NO3/c1-3-4-14(7-8-19)12-18-13(2)15-5-6-16-17(11-15)21-10-9-20-16/h5-6,11,13-14,18-19H,3-4,7-10,12H2,1-2H3. The summed E-state index contributed by atoms with van der Waals surface area (Å²) in [6.07, 6.45) is 3.18. The van der Waals surface area contributed by atoms with Gasteiger partial charge in [0.15, 0.2) is 11.5 Å². The maximum absolute atomic E-state index is 9.12. The van der Waals surface area contributed by atoms with Crippen LogP contribution in [0, 0.1) is 5.92 Å². The minimum Gasteiger partial charge on any atom is -0.486 e.